The van der Waals surface area contributed by atoms with Gasteiger partial charge in [-0.3, -0.25) is 10.1 Å². The number of hydrogen-bond acceptors (Lipinski definition) is 5. The van der Waals surface area contributed by atoms with E-state index in [4.69, 9.17) is 5.73 Å². The standard InChI is InChI=1S/C7H12N4OS.ClH/c1-4(2)5(8)6(12)10-7-11-9-3-13-7;/h3-5H,8H2,1-2H3,(H,10,11,12);1H/t5-;/m0./s1. The van der Waals surface area contributed by atoms with Crippen LogP contribution in [-0.4, -0.2) is 22.1 Å². The van der Waals surface area contributed by atoms with E-state index in [2.05, 4.69) is 15.5 Å². The van der Waals surface area contributed by atoms with Crippen molar-refractivity contribution in [2.24, 2.45) is 11.7 Å². The van der Waals surface area contributed by atoms with E-state index >= 15 is 0 Å². The average Bonchev–Trinajstić information content (AvgIpc) is 2.55. The first kappa shape index (κ1) is 13.3. The molecule has 1 aromatic rings. The molecule has 1 heterocycles. The van der Waals surface area contributed by atoms with Crippen molar-refractivity contribution in [3.05, 3.63) is 5.51 Å². The number of amides is 1. The van der Waals surface area contributed by atoms with Crippen LogP contribution in [0, 0.1) is 5.92 Å². The number of aromatic nitrogens is 2. The van der Waals surface area contributed by atoms with Gasteiger partial charge < -0.3 is 5.73 Å². The SMILES string of the molecule is CC(C)[C@H](N)C(=O)Nc1nncs1.Cl. The first-order valence-electron chi connectivity index (χ1n) is 3.94. The van der Waals surface area contributed by atoms with Crippen LogP contribution in [0.15, 0.2) is 5.51 Å². The van der Waals surface area contributed by atoms with Gasteiger partial charge in [0.2, 0.25) is 11.0 Å². The number of nitrogens with zero attached hydrogens (tertiary/aromatic N) is 2. The largest absolute Gasteiger partial charge is 0.320 e. The predicted molar refractivity (Wildman–Crippen MR) is 58.6 cm³/mol. The van der Waals surface area contributed by atoms with Crippen LogP contribution in [0.25, 0.3) is 0 Å². The molecule has 1 atom stereocenters. The number of rotatable bonds is 3. The van der Waals surface area contributed by atoms with Gasteiger partial charge in [-0.05, 0) is 5.92 Å². The normalized spacial score (nSPS) is 12.0. The highest BCUT2D eigenvalue weighted by atomic mass is 35.5. The Hall–Kier alpha value is -0.720. The Labute approximate surface area is 92.5 Å². The van der Waals surface area contributed by atoms with E-state index in [-0.39, 0.29) is 24.2 Å². The molecule has 0 saturated carbocycles. The third-order valence-electron chi connectivity index (χ3n) is 1.61. The van der Waals surface area contributed by atoms with Crippen LogP contribution >= 0.6 is 23.7 Å². The molecule has 14 heavy (non-hydrogen) atoms. The molecule has 1 aromatic heterocycles. The van der Waals surface area contributed by atoms with E-state index < -0.39 is 6.04 Å². The Bertz CT molecular complexity index is 277. The van der Waals surface area contributed by atoms with E-state index in [0.29, 0.717) is 5.13 Å². The number of nitrogens with one attached hydrogen (secondary N) is 1. The molecule has 0 aliphatic carbocycles. The van der Waals surface area contributed by atoms with Gasteiger partial charge in [-0.1, -0.05) is 25.2 Å². The van der Waals surface area contributed by atoms with Gasteiger partial charge in [-0.2, -0.15) is 0 Å². The molecule has 0 unspecified atom stereocenters. The van der Waals surface area contributed by atoms with Crippen molar-refractivity contribution in [1.29, 1.82) is 0 Å². The van der Waals surface area contributed by atoms with Gasteiger partial charge in [0.15, 0.2) is 0 Å². The summed E-state index contributed by atoms with van der Waals surface area (Å²) >= 11 is 1.27. The molecular formula is C7H13ClN4OS. The highest BCUT2D eigenvalue weighted by Crippen LogP contribution is 2.09. The summed E-state index contributed by atoms with van der Waals surface area (Å²) in [7, 11) is 0. The van der Waals surface area contributed by atoms with Gasteiger partial charge in [0, 0.05) is 0 Å². The lowest BCUT2D eigenvalue weighted by Gasteiger charge is -2.13. The first-order valence-corrected chi connectivity index (χ1v) is 4.82. The van der Waals surface area contributed by atoms with Gasteiger partial charge >= 0.3 is 0 Å². The Morgan fingerprint density at radius 3 is 2.71 bits per heavy atom. The number of nitrogens with two attached hydrogens (primary N) is 1. The highest BCUT2D eigenvalue weighted by molar-refractivity contribution is 7.13. The third-order valence-corrected chi connectivity index (χ3v) is 2.22. The summed E-state index contributed by atoms with van der Waals surface area (Å²) in [6, 6.07) is -0.496. The molecule has 0 aromatic carbocycles. The maximum atomic E-state index is 11.4. The minimum atomic E-state index is -0.496. The molecule has 0 aliphatic heterocycles. The van der Waals surface area contributed by atoms with Crippen molar-refractivity contribution in [2.45, 2.75) is 19.9 Å². The molecule has 7 heteroatoms. The monoisotopic (exact) mass is 236 g/mol. The van der Waals surface area contributed by atoms with Gasteiger partial charge in [-0.15, -0.1) is 22.6 Å². The fourth-order valence-electron chi connectivity index (χ4n) is 0.719. The fourth-order valence-corrected chi connectivity index (χ4v) is 1.17. The summed E-state index contributed by atoms with van der Waals surface area (Å²) < 4.78 is 0. The number of carbonyl (C=O) groups is 1. The van der Waals surface area contributed by atoms with Crippen LogP contribution in [0.1, 0.15) is 13.8 Å². The van der Waals surface area contributed by atoms with E-state index in [1.54, 1.807) is 5.51 Å². The molecular weight excluding hydrogens is 224 g/mol. The molecule has 0 aliphatic rings. The topological polar surface area (TPSA) is 80.9 Å². The van der Waals surface area contributed by atoms with Crippen LogP contribution in [0.2, 0.25) is 0 Å². The fraction of sp³-hybridized carbons (Fsp3) is 0.571. The smallest absolute Gasteiger partial charge is 0.243 e. The minimum Gasteiger partial charge on any atom is -0.320 e. The zero-order chi connectivity index (χ0) is 9.84. The van der Waals surface area contributed by atoms with Crippen LogP contribution < -0.4 is 11.1 Å². The summed E-state index contributed by atoms with van der Waals surface area (Å²) in [5.41, 5.74) is 7.17. The second-order valence-electron chi connectivity index (χ2n) is 3.00. The maximum Gasteiger partial charge on any atom is 0.243 e. The zero-order valence-electron chi connectivity index (χ0n) is 7.93. The third kappa shape index (κ3) is 3.57. The molecule has 1 amide bonds. The maximum absolute atomic E-state index is 11.4. The second kappa shape index (κ2) is 5.90. The Balaban J connectivity index is 0.00000169. The first-order chi connectivity index (χ1) is 6.11. The van der Waals surface area contributed by atoms with Gasteiger partial charge in [0.25, 0.3) is 0 Å². The summed E-state index contributed by atoms with van der Waals surface area (Å²) in [4.78, 5) is 11.4. The van der Waals surface area contributed by atoms with Crippen molar-refractivity contribution < 1.29 is 4.79 Å². The van der Waals surface area contributed by atoms with Gasteiger partial charge in [-0.25, -0.2) is 0 Å². The summed E-state index contributed by atoms with van der Waals surface area (Å²) in [5.74, 6) is -0.0975. The van der Waals surface area contributed by atoms with Crippen molar-refractivity contribution >= 4 is 34.8 Å². The number of hydrogen-bond donors (Lipinski definition) is 2. The predicted octanol–water partition coefficient (Wildman–Crippen LogP) is 0.882. The van der Waals surface area contributed by atoms with E-state index in [1.165, 1.54) is 11.3 Å². The number of halogens is 1. The quantitative estimate of drug-likeness (QED) is 0.817. The molecule has 1 rings (SSSR count). The van der Waals surface area contributed by atoms with Crippen LogP contribution in [0.3, 0.4) is 0 Å². The van der Waals surface area contributed by atoms with E-state index in [1.807, 2.05) is 13.8 Å². The Morgan fingerprint density at radius 1 is 1.64 bits per heavy atom. The van der Waals surface area contributed by atoms with Crippen LogP contribution in [0.5, 0.6) is 0 Å². The Kier molecular flexibility index (Phi) is 5.59. The molecule has 3 N–H and O–H groups in total. The lowest BCUT2D eigenvalue weighted by molar-refractivity contribution is -0.118. The van der Waals surface area contributed by atoms with Crippen molar-refractivity contribution in [1.82, 2.24) is 10.2 Å². The molecule has 0 bridgehead atoms. The lowest BCUT2D eigenvalue weighted by atomic mass is 10.1. The van der Waals surface area contributed by atoms with Gasteiger partial charge in [0.1, 0.15) is 5.51 Å². The van der Waals surface area contributed by atoms with Crippen molar-refractivity contribution in [3.63, 3.8) is 0 Å². The van der Waals surface area contributed by atoms with Gasteiger partial charge in [0.05, 0.1) is 6.04 Å². The van der Waals surface area contributed by atoms with Crippen molar-refractivity contribution in [3.8, 4) is 0 Å². The van der Waals surface area contributed by atoms with Crippen molar-refractivity contribution in [2.75, 3.05) is 5.32 Å². The average molecular weight is 237 g/mol. The summed E-state index contributed by atoms with van der Waals surface area (Å²) in [6.07, 6.45) is 0. The van der Waals surface area contributed by atoms with Crippen LogP contribution in [0.4, 0.5) is 5.13 Å². The summed E-state index contributed by atoms with van der Waals surface area (Å²) in [5, 5.41) is 10.3. The van der Waals surface area contributed by atoms with E-state index in [0.717, 1.165) is 0 Å². The minimum absolute atomic E-state index is 0. The zero-order valence-corrected chi connectivity index (χ0v) is 9.56. The molecule has 0 radical (unpaired) electrons. The van der Waals surface area contributed by atoms with Crippen LogP contribution in [-0.2, 0) is 4.79 Å². The second-order valence-corrected chi connectivity index (χ2v) is 3.84. The highest BCUT2D eigenvalue weighted by Gasteiger charge is 2.17. The molecule has 80 valence electrons. The number of carbonyl (C=O) groups excluding carboxylic acids is 1. The molecule has 0 saturated heterocycles. The van der Waals surface area contributed by atoms with E-state index in [9.17, 15) is 4.79 Å². The lowest BCUT2D eigenvalue weighted by Crippen LogP contribution is -2.39. The Morgan fingerprint density at radius 2 is 2.29 bits per heavy atom. The number of anilines is 1. The molecule has 0 spiro atoms. The molecule has 5 nitrogen and oxygen atoms in total. The summed E-state index contributed by atoms with van der Waals surface area (Å²) in [6.45, 7) is 3.79. The molecule has 0 fully saturated rings.